The highest BCUT2D eigenvalue weighted by molar-refractivity contribution is 5.67. The first-order valence-corrected chi connectivity index (χ1v) is 8.39. The van der Waals surface area contributed by atoms with Gasteiger partial charge in [0, 0.05) is 0 Å². The van der Waals surface area contributed by atoms with Crippen LogP contribution in [0.2, 0.25) is 0 Å². The summed E-state index contributed by atoms with van der Waals surface area (Å²) in [6.07, 6.45) is 4.18. The van der Waals surface area contributed by atoms with Crippen LogP contribution in [0.15, 0.2) is 54.6 Å². The second kappa shape index (κ2) is 7.57. The fourth-order valence-corrected chi connectivity index (χ4v) is 3.34. The van der Waals surface area contributed by atoms with E-state index in [4.69, 9.17) is 0 Å². The van der Waals surface area contributed by atoms with Crippen LogP contribution in [0, 0.1) is 0 Å². The normalized spacial score (nSPS) is 16.8. The molecule has 2 heteroatoms. The van der Waals surface area contributed by atoms with Crippen LogP contribution in [0.25, 0.3) is 11.1 Å². The lowest BCUT2D eigenvalue weighted by Gasteiger charge is -2.18. The highest BCUT2D eigenvalue weighted by Gasteiger charge is 2.15. The van der Waals surface area contributed by atoms with Gasteiger partial charge < -0.3 is 10.0 Å². The maximum absolute atomic E-state index is 10.6. The molecule has 1 aliphatic rings. The number of rotatable bonds is 6. The van der Waals surface area contributed by atoms with Gasteiger partial charge in [0.2, 0.25) is 0 Å². The van der Waals surface area contributed by atoms with E-state index in [-0.39, 0.29) is 6.10 Å². The van der Waals surface area contributed by atoms with E-state index in [9.17, 15) is 5.11 Å². The van der Waals surface area contributed by atoms with Crippen molar-refractivity contribution in [2.75, 3.05) is 19.6 Å². The molecule has 1 N–H and O–H groups in total. The van der Waals surface area contributed by atoms with Crippen molar-refractivity contribution in [2.24, 2.45) is 0 Å². The van der Waals surface area contributed by atoms with Gasteiger partial charge in [-0.25, -0.2) is 0 Å². The smallest absolute Gasteiger partial charge is 0.0796 e. The Morgan fingerprint density at radius 1 is 0.909 bits per heavy atom. The minimum Gasteiger partial charge on any atom is -0.388 e. The molecule has 0 bridgehead atoms. The topological polar surface area (TPSA) is 23.5 Å². The van der Waals surface area contributed by atoms with E-state index in [1.54, 1.807) is 0 Å². The fraction of sp³-hybridized carbons (Fsp3) is 0.400. The molecule has 2 aromatic rings. The summed E-state index contributed by atoms with van der Waals surface area (Å²) in [6.45, 7) is 3.58. The quantitative estimate of drug-likeness (QED) is 0.860. The SMILES string of the molecule is OC(CCCN1CCCC1)c1ccccc1-c1ccccc1. The van der Waals surface area contributed by atoms with Crippen molar-refractivity contribution >= 4 is 0 Å². The summed E-state index contributed by atoms with van der Waals surface area (Å²) in [6, 6.07) is 18.6. The Labute approximate surface area is 133 Å². The molecule has 1 atom stereocenters. The first-order valence-electron chi connectivity index (χ1n) is 8.39. The first-order chi connectivity index (χ1) is 10.8. The number of likely N-dealkylation sites (tertiary alicyclic amines) is 1. The summed E-state index contributed by atoms with van der Waals surface area (Å²) in [5.41, 5.74) is 3.38. The van der Waals surface area contributed by atoms with Crippen molar-refractivity contribution in [3.05, 3.63) is 60.2 Å². The Morgan fingerprint density at radius 3 is 2.36 bits per heavy atom. The van der Waals surface area contributed by atoms with Crippen molar-refractivity contribution in [1.29, 1.82) is 0 Å². The van der Waals surface area contributed by atoms with Gasteiger partial charge in [-0.1, -0.05) is 54.6 Å². The van der Waals surface area contributed by atoms with Gasteiger partial charge in [-0.2, -0.15) is 0 Å². The molecule has 1 heterocycles. The molecule has 0 amide bonds. The van der Waals surface area contributed by atoms with E-state index in [0.717, 1.165) is 30.5 Å². The zero-order valence-corrected chi connectivity index (χ0v) is 13.1. The van der Waals surface area contributed by atoms with Crippen molar-refractivity contribution < 1.29 is 5.11 Å². The zero-order valence-electron chi connectivity index (χ0n) is 13.1. The largest absolute Gasteiger partial charge is 0.388 e. The van der Waals surface area contributed by atoms with Crippen LogP contribution in [0.5, 0.6) is 0 Å². The maximum Gasteiger partial charge on any atom is 0.0796 e. The fourth-order valence-electron chi connectivity index (χ4n) is 3.34. The third-order valence-corrected chi connectivity index (χ3v) is 4.56. The molecule has 1 unspecified atom stereocenters. The van der Waals surface area contributed by atoms with Crippen LogP contribution in [0.3, 0.4) is 0 Å². The number of benzene rings is 2. The Hall–Kier alpha value is -1.64. The summed E-state index contributed by atoms with van der Waals surface area (Å²) in [5, 5.41) is 10.6. The van der Waals surface area contributed by atoms with Gasteiger partial charge in [0.05, 0.1) is 6.10 Å². The molecule has 2 nitrogen and oxygen atoms in total. The molecule has 0 aromatic heterocycles. The molecule has 1 saturated heterocycles. The van der Waals surface area contributed by atoms with Crippen molar-refractivity contribution in [2.45, 2.75) is 31.8 Å². The van der Waals surface area contributed by atoms with E-state index < -0.39 is 0 Å². The summed E-state index contributed by atoms with van der Waals surface area (Å²) < 4.78 is 0. The standard InChI is InChI=1S/C20H25NO/c22-20(13-8-16-21-14-6-7-15-21)19-12-5-4-11-18(19)17-9-2-1-3-10-17/h1-5,9-12,20,22H,6-8,13-16H2. The molecular weight excluding hydrogens is 270 g/mol. The molecule has 1 fully saturated rings. The third-order valence-electron chi connectivity index (χ3n) is 4.56. The number of aliphatic hydroxyl groups is 1. The van der Waals surface area contributed by atoms with Gasteiger partial charge in [0.15, 0.2) is 0 Å². The lowest BCUT2D eigenvalue weighted by Crippen LogP contribution is -2.20. The Kier molecular flexibility index (Phi) is 5.25. The molecule has 3 rings (SSSR count). The zero-order chi connectivity index (χ0) is 15.2. The van der Waals surface area contributed by atoms with Crippen molar-refractivity contribution in [3.8, 4) is 11.1 Å². The molecule has 0 aliphatic carbocycles. The highest BCUT2D eigenvalue weighted by atomic mass is 16.3. The molecule has 2 aromatic carbocycles. The van der Waals surface area contributed by atoms with E-state index in [1.165, 1.54) is 31.5 Å². The molecule has 1 aliphatic heterocycles. The highest BCUT2D eigenvalue weighted by Crippen LogP contribution is 2.30. The van der Waals surface area contributed by atoms with Crippen LogP contribution in [-0.4, -0.2) is 29.6 Å². The summed E-state index contributed by atoms with van der Waals surface area (Å²) in [4.78, 5) is 2.51. The second-order valence-electron chi connectivity index (χ2n) is 6.16. The molecule has 0 radical (unpaired) electrons. The van der Waals surface area contributed by atoms with Gasteiger partial charge in [-0.05, 0) is 62.0 Å². The van der Waals surface area contributed by atoms with Gasteiger partial charge in [0.25, 0.3) is 0 Å². The van der Waals surface area contributed by atoms with E-state index >= 15 is 0 Å². The monoisotopic (exact) mass is 295 g/mol. The van der Waals surface area contributed by atoms with Crippen LogP contribution < -0.4 is 0 Å². The Balaban J connectivity index is 1.65. The molecule has 0 spiro atoms. The molecule has 116 valence electrons. The minimum atomic E-state index is -0.376. The predicted molar refractivity (Wildman–Crippen MR) is 91.7 cm³/mol. The van der Waals surface area contributed by atoms with E-state index in [0.29, 0.717) is 0 Å². The Morgan fingerprint density at radius 2 is 1.59 bits per heavy atom. The van der Waals surface area contributed by atoms with Gasteiger partial charge in [0.1, 0.15) is 0 Å². The number of hydrogen-bond donors (Lipinski definition) is 1. The summed E-state index contributed by atoms with van der Waals surface area (Å²) in [5.74, 6) is 0. The second-order valence-corrected chi connectivity index (χ2v) is 6.16. The Bertz CT molecular complexity index is 575. The van der Waals surface area contributed by atoms with E-state index in [1.807, 2.05) is 30.3 Å². The minimum absolute atomic E-state index is 0.376. The van der Waals surface area contributed by atoms with Crippen molar-refractivity contribution in [3.63, 3.8) is 0 Å². The average molecular weight is 295 g/mol. The van der Waals surface area contributed by atoms with Gasteiger partial charge in [-0.3, -0.25) is 0 Å². The first kappa shape index (κ1) is 15.3. The predicted octanol–water partition coefficient (Wildman–Crippen LogP) is 4.26. The molecular formula is C20H25NO. The summed E-state index contributed by atoms with van der Waals surface area (Å²) >= 11 is 0. The van der Waals surface area contributed by atoms with Crippen LogP contribution in [0.4, 0.5) is 0 Å². The molecule has 22 heavy (non-hydrogen) atoms. The number of aliphatic hydroxyl groups excluding tert-OH is 1. The van der Waals surface area contributed by atoms with Gasteiger partial charge in [-0.15, -0.1) is 0 Å². The van der Waals surface area contributed by atoms with Crippen molar-refractivity contribution in [1.82, 2.24) is 4.90 Å². The summed E-state index contributed by atoms with van der Waals surface area (Å²) in [7, 11) is 0. The van der Waals surface area contributed by atoms with Crippen LogP contribution >= 0.6 is 0 Å². The molecule has 0 saturated carbocycles. The van der Waals surface area contributed by atoms with E-state index in [2.05, 4.69) is 29.2 Å². The number of nitrogens with zero attached hydrogens (tertiary/aromatic N) is 1. The van der Waals surface area contributed by atoms with Crippen LogP contribution in [0.1, 0.15) is 37.4 Å². The number of hydrogen-bond acceptors (Lipinski definition) is 2. The lowest BCUT2D eigenvalue weighted by atomic mass is 9.94. The van der Waals surface area contributed by atoms with Gasteiger partial charge >= 0.3 is 0 Å². The lowest BCUT2D eigenvalue weighted by molar-refractivity contribution is 0.159. The maximum atomic E-state index is 10.6. The van der Waals surface area contributed by atoms with Crippen LogP contribution in [-0.2, 0) is 0 Å². The average Bonchev–Trinajstić information content (AvgIpc) is 3.09. The third kappa shape index (κ3) is 3.76.